The molecular formula is C19H16N2O5. The highest BCUT2D eigenvalue weighted by Gasteiger charge is 2.38. The highest BCUT2D eigenvalue weighted by molar-refractivity contribution is 6.35. The van der Waals surface area contributed by atoms with Gasteiger partial charge in [-0.25, -0.2) is 9.69 Å². The van der Waals surface area contributed by atoms with Crippen molar-refractivity contribution in [1.82, 2.24) is 0 Å². The van der Waals surface area contributed by atoms with Gasteiger partial charge in [-0.05, 0) is 49.2 Å². The molecule has 0 saturated heterocycles. The predicted octanol–water partition coefficient (Wildman–Crippen LogP) is 1.75. The second kappa shape index (κ2) is 6.44. The third-order valence-electron chi connectivity index (χ3n) is 4.07. The van der Waals surface area contributed by atoms with Crippen LogP contribution in [0.3, 0.4) is 0 Å². The zero-order valence-electron chi connectivity index (χ0n) is 14.2. The molecule has 3 rings (SSSR count). The number of rotatable bonds is 4. The fourth-order valence-corrected chi connectivity index (χ4v) is 2.77. The fourth-order valence-electron chi connectivity index (χ4n) is 2.77. The minimum absolute atomic E-state index is 0.0639. The van der Waals surface area contributed by atoms with E-state index in [1.54, 1.807) is 6.07 Å². The summed E-state index contributed by atoms with van der Waals surface area (Å²) in [4.78, 5) is 49.3. The van der Waals surface area contributed by atoms with Crippen molar-refractivity contribution in [1.29, 1.82) is 0 Å². The van der Waals surface area contributed by atoms with Gasteiger partial charge in [0.25, 0.3) is 17.7 Å². The van der Waals surface area contributed by atoms with Gasteiger partial charge in [-0.2, -0.15) is 0 Å². The van der Waals surface area contributed by atoms with E-state index in [1.807, 2.05) is 26.0 Å². The topological polar surface area (TPSA) is 107 Å². The number of ether oxygens (including phenoxy) is 1. The van der Waals surface area contributed by atoms with Crippen LogP contribution in [0.4, 0.5) is 5.69 Å². The second-order valence-electron chi connectivity index (χ2n) is 6.04. The van der Waals surface area contributed by atoms with Crippen LogP contribution in [-0.2, 0) is 9.53 Å². The summed E-state index contributed by atoms with van der Waals surface area (Å²) < 4.78 is 4.73. The highest BCUT2D eigenvalue weighted by atomic mass is 16.5. The number of imide groups is 1. The Labute approximate surface area is 149 Å². The summed E-state index contributed by atoms with van der Waals surface area (Å²) in [7, 11) is 0. The number of amides is 3. The zero-order valence-corrected chi connectivity index (χ0v) is 14.2. The predicted molar refractivity (Wildman–Crippen MR) is 93.0 cm³/mol. The van der Waals surface area contributed by atoms with Crippen molar-refractivity contribution in [3.05, 3.63) is 64.2 Å². The molecule has 2 aromatic carbocycles. The molecule has 0 fully saturated rings. The number of aryl methyl sites for hydroxylation is 2. The van der Waals surface area contributed by atoms with Crippen molar-refractivity contribution >= 4 is 29.4 Å². The Balaban J connectivity index is 1.97. The van der Waals surface area contributed by atoms with Gasteiger partial charge >= 0.3 is 5.97 Å². The highest BCUT2D eigenvalue weighted by Crippen LogP contribution is 2.31. The summed E-state index contributed by atoms with van der Waals surface area (Å²) in [6.45, 7) is 3.12. The van der Waals surface area contributed by atoms with E-state index in [-0.39, 0.29) is 16.7 Å². The third kappa shape index (κ3) is 2.95. The molecule has 7 nitrogen and oxygen atoms in total. The molecule has 0 atom stereocenters. The van der Waals surface area contributed by atoms with Crippen LogP contribution < -0.4 is 10.6 Å². The van der Waals surface area contributed by atoms with Gasteiger partial charge in [-0.1, -0.05) is 12.1 Å². The first-order chi connectivity index (χ1) is 12.3. The van der Waals surface area contributed by atoms with Crippen LogP contribution in [-0.4, -0.2) is 30.3 Å². The molecule has 1 aliphatic rings. The van der Waals surface area contributed by atoms with E-state index >= 15 is 0 Å². The third-order valence-corrected chi connectivity index (χ3v) is 4.07. The molecule has 0 spiro atoms. The SMILES string of the molecule is Cc1ccc(C)c(N2C(=O)c3ccc(C(=O)OCC(N)=O)cc3C2=O)c1. The number of benzene rings is 2. The molecule has 0 saturated carbocycles. The average molecular weight is 352 g/mol. The van der Waals surface area contributed by atoms with E-state index < -0.39 is 30.3 Å². The summed E-state index contributed by atoms with van der Waals surface area (Å²) >= 11 is 0. The molecule has 0 unspecified atom stereocenters. The molecule has 26 heavy (non-hydrogen) atoms. The lowest BCUT2D eigenvalue weighted by molar-refractivity contribution is -0.121. The Morgan fingerprint density at radius 3 is 2.38 bits per heavy atom. The van der Waals surface area contributed by atoms with Crippen LogP contribution in [0.1, 0.15) is 42.2 Å². The van der Waals surface area contributed by atoms with Crippen molar-refractivity contribution in [3.63, 3.8) is 0 Å². The largest absolute Gasteiger partial charge is 0.452 e. The monoisotopic (exact) mass is 352 g/mol. The van der Waals surface area contributed by atoms with Crippen LogP contribution in [0.5, 0.6) is 0 Å². The lowest BCUT2D eigenvalue weighted by atomic mass is 10.1. The Morgan fingerprint density at radius 1 is 1.00 bits per heavy atom. The number of hydrogen-bond acceptors (Lipinski definition) is 5. The first-order valence-corrected chi connectivity index (χ1v) is 7.85. The van der Waals surface area contributed by atoms with Crippen LogP contribution in [0.2, 0.25) is 0 Å². The van der Waals surface area contributed by atoms with Gasteiger partial charge in [0.05, 0.1) is 22.4 Å². The number of fused-ring (bicyclic) bond motifs is 1. The fraction of sp³-hybridized carbons (Fsp3) is 0.158. The maximum atomic E-state index is 12.8. The summed E-state index contributed by atoms with van der Waals surface area (Å²) in [5.41, 5.74) is 7.53. The second-order valence-corrected chi connectivity index (χ2v) is 6.04. The van der Waals surface area contributed by atoms with Gasteiger partial charge in [0.15, 0.2) is 6.61 Å². The molecule has 0 aliphatic carbocycles. The molecule has 0 radical (unpaired) electrons. The summed E-state index contributed by atoms with van der Waals surface area (Å²) in [5, 5.41) is 0. The Bertz CT molecular complexity index is 964. The molecular weight excluding hydrogens is 336 g/mol. The number of anilines is 1. The van der Waals surface area contributed by atoms with E-state index in [0.29, 0.717) is 5.69 Å². The van der Waals surface area contributed by atoms with Crippen molar-refractivity contribution in [2.75, 3.05) is 11.5 Å². The van der Waals surface area contributed by atoms with Crippen molar-refractivity contribution in [3.8, 4) is 0 Å². The number of carbonyl (C=O) groups is 4. The standard InChI is InChI=1S/C19H16N2O5/c1-10-3-4-11(2)15(7-10)21-17(23)13-6-5-12(8-14(13)18(21)24)19(25)26-9-16(20)22/h3-8H,9H2,1-2H3,(H2,20,22). The van der Waals surface area contributed by atoms with Crippen LogP contribution in [0.15, 0.2) is 36.4 Å². The Kier molecular flexibility index (Phi) is 4.29. The summed E-state index contributed by atoms with van der Waals surface area (Å²) in [6, 6.07) is 9.56. The molecule has 1 aliphatic heterocycles. The maximum Gasteiger partial charge on any atom is 0.338 e. The first-order valence-electron chi connectivity index (χ1n) is 7.85. The quantitative estimate of drug-likeness (QED) is 0.666. The van der Waals surface area contributed by atoms with E-state index in [0.717, 1.165) is 16.0 Å². The normalized spacial score (nSPS) is 12.9. The number of hydrogen-bond donors (Lipinski definition) is 1. The van der Waals surface area contributed by atoms with Gasteiger partial charge in [-0.3, -0.25) is 14.4 Å². The number of primary amides is 1. The molecule has 7 heteroatoms. The smallest absolute Gasteiger partial charge is 0.338 e. The number of carbonyl (C=O) groups excluding carboxylic acids is 4. The first kappa shape index (κ1) is 17.3. The number of esters is 1. The van der Waals surface area contributed by atoms with E-state index in [1.165, 1.54) is 18.2 Å². The van der Waals surface area contributed by atoms with Crippen molar-refractivity contribution in [2.45, 2.75) is 13.8 Å². The average Bonchev–Trinajstić information content (AvgIpc) is 2.85. The van der Waals surface area contributed by atoms with Gasteiger partial charge in [0.1, 0.15) is 0 Å². The Hall–Kier alpha value is -3.48. The van der Waals surface area contributed by atoms with Gasteiger partial charge in [-0.15, -0.1) is 0 Å². The minimum Gasteiger partial charge on any atom is -0.452 e. The van der Waals surface area contributed by atoms with Crippen LogP contribution >= 0.6 is 0 Å². The van der Waals surface area contributed by atoms with E-state index in [2.05, 4.69) is 0 Å². The van der Waals surface area contributed by atoms with E-state index in [9.17, 15) is 19.2 Å². The maximum absolute atomic E-state index is 12.8. The van der Waals surface area contributed by atoms with Crippen LogP contribution in [0, 0.1) is 13.8 Å². The van der Waals surface area contributed by atoms with Gasteiger partial charge < -0.3 is 10.5 Å². The minimum atomic E-state index is -0.794. The summed E-state index contributed by atoms with van der Waals surface area (Å²) in [6.07, 6.45) is 0. The molecule has 132 valence electrons. The summed E-state index contributed by atoms with van der Waals surface area (Å²) in [5.74, 6) is -2.54. The van der Waals surface area contributed by atoms with E-state index in [4.69, 9.17) is 10.5 Å². The number of nitrogens with two attached hydrogens (primary N) is 1. The zero-order chi connectivity index (χ0) is 19.0. The lowest BCUT2D eigenvalue weighted by Crippen LogP contribution is -2.30. The molecule has 1 heterocycles. The molecule has 2 N–H and O–H groups in total. The van der Waals surface area contributed by atoms with Gasteiger partial charge in [0.2, 0.25) is 0 Å². The number of nitrogens with zero attached hydrogens (tertiary/aromatic N) is 1. The Morgan fingerprint density at radius 2 is 1.69 bits per heavy atom. The van der Waals surface area contributed by atoms with Crippen molar-refractivity contribution in [2.24, 2.45) is 5.73 Å². The lowest BCUT2D eigenvalue weighted by Gasteiger charge is -2.17. The van der Waals surface area contributed by atoms with Crippen LogP contribution in [0.25, 0.3) is 0 Å². The molecule has 2 aromatic rings. The molecule has 0 bridgehead atoms. The molecule has 3 amide bonds. The van der Waals surface area contributed by atoms with Crippen molar-refractivity contribution < 1.29 is 23.9 Å². The molecule has 0 aromatic heterocycles. The van der Waals surface area contributed by atoms with Gasteiger partial charge in [0, 0.05) is 0 Å².